The van der Waals surface area contributed by atoms with Gasteiger partial charge in [0.25, 0.3) is 0 Å². The number of fused-ring (bicyclic) bond motifs is 1. The minimum atomic E-state index is -0.480. The molecule has 4 aromatic rings. The van der Waals surface area contributed by atoms with Crippen molar-refractivity contribution in [2.24, 2.45) is 0 Å². The Labute approximate surface area is 188 Å². The molecule has 8 heteroatoms. The number of hydrogen-bond donors (Lipinski definition) is 1. The number of hydrogen-bond acceptors (Lipinski definition) is 5. The summed E-state index contributed by atoms with van der Waals surface area (Å²) in [6.45, 7) is 8.06. The lowest BCUT2D eigenvalue weighted by atomic mass is 10.1. The van der Waals surface area contributed by atoms with Crippen LogP contribution in [0, 0.1) is 5.82 Å². The van der Waals surface area contributed by atoms with Gasteiger partial charge in [-0.15, -0.1) is 0 Å². The molecule has 0 aliphatic rings. The molecule has 0 radical (unpaired) electrons. The summed E-state index contributed by atoms with van der Waals surface area (Å²) in [7, 11) is 0. The van der Waals surface area contributed by atoms with Crippen LogP contribution in [0.15, 0.2) is 59.5 Å². The molecule has 0 spiro atoms. The first-order valence-corrected chi connectivity index (χ1v) is 10.7. The fraction of sp³-hybridized carbons (Fsp3) is 0.261. The van der Waals surface area contributed by atoms with E-state index in [-0.39, 0.29) is 5.54 Å². The summed E-state index contributed by atoms with van der Waals surface area (Å²) < 4.78 is 22.8. The largest absolute Gasteiger partial charge is 0.480 e. The average Bonchev–Trinajstić information content (AvgIpc) is 3.22. The second-order valence-electron chi connectivity index (χ2n) is 8.32. The van der Waals surface area contributed by atoms with E-state index in [0.717, 1.165) is 15.4 Å². The summed E-state index contributed by atoms with van der Waals surface area (Å²) in [5, 5.41) is 8.58. The molecular weight excluding hydrogens is 461 g/mol. The first-order valence-electron chi connectivity index (χ1n) is 9.90. The van der Waals surface area contributed by atoms with Crippen LogP contribution in [0.1, 0.15) is 39.5 Å². The summed E-state index contributed by atoms with van der Waals surface area (Å²) in [5.41, 5.74) is 1.73. The fourth-order valence-electron chi connectivity index (χ4n) is 3.26. The lowest BCUT2D eigenvalue weighted by Gasteiger charge is -2.25. The molecule has 31 heavy (non-hydrogen) atoms. The van der Waals surface area contributed by atoms with Gasteiger partial charge in [0.05, 0.1) is 17.4 Å². The van der Waals surface area contributed by atoms with E-state index in [0.29, 0.717) is 22.9 Å². The van der Waals surface area contributed by atoms with Gasteiger partial charge in [-0.3, -0.25) is 4.98 Å². The summed E-state index contributed by atoms with van der Waals surface area (Å²) in [5.74, 6) is 0.788. The second kappa shape index (κ2) is 8.26. The second-order valence-corrected chi connectivity index (χ2v) is 9.23. The Morgan fingerprint density at radius 2 is 2.00 bits per heavy atom. The zero-order valence-corrected chi connectivity index (χ0v) is 19.3. The number of pyridine rings is 2. The van der Waals surface area contributed by atoms with Gasteiger partial charge in [-0.2, -0.15) is 5.10 Å². The fourth-order valence-corrected chi connectivity index (χ4v) is 3.63. The lowest BCUT2D eigenvalue weighted by molar-refractivity contribution is 0.221. The third kappa shape index (κ3) is 4.85. The maximum atomic E-state index is 13.9. The highest BCUT2D eigenvalue weighted by Crippen LogP contribution is 2.34. The van der Waals surface area contributed by atoms with Crippen LogP contribution in [0.3, 0.4) is 0 Å². The zero-order chi connectivity index (χ0) is 22.2. The number of nitrogens with zero attached hydrogens (tertiary/aromatic N) is 4. The summed E-state index contributed by atoms with van der Waals surface area (Å²) >= 11 is 3.51. The van der Waals surface area contributed by atoms with Crippen LogP contribution in [0.25, 0.3) is 16.6 Å². The van der Waals surface area contributed by atoms with Crippen LogP contribution >= 0.6 is 15.9 Å². The van der Waals surface area contributed by atoms with Crippen molar-refractivity contribution >= 4 is 32.7 Å². The third-order valence-electron chi connectivity index (χ3n) is 4.54. The number of nitrogens with one attached hydrogen (secondary N) is 1. The Morgan fingerprint density at radius 1 is 1.19 bits per heavy atom. The SMILES string of the molecule is CC(Oc1cc2cc(Br)ccc2nc1NC(C)(C)C)c1ncc(F)cc1-n1cccn1. The van der Waals surface area contributed by atoms with Gasteiger partial charge in [0.1, 0.15) is 17.6 Å². The van der Waals surface area contributed by atoms with Crippen molar-refractivity contribution in [2.75, 3.05) is 5.32 Å². The van der Waals surface area contributed by atoms with Crippen LogP contribution in [0.5, 0.6) is 5.75 Å². The number of rotatable bonds is 5. The molecule has 0 saturated carbocycles. The van der Waals surface area contributed by atoms with Gasteiger partial charge >= 0.3 is 0 Å². The van der Waals surface area contributed by atoms with Gasteiger partial charge in [0, 0.05) is 33.9 Å². The van der Waals surface area contributed by atoms with E-state index in [1.807, 2.05) is 31.2 Å². The molecule has 0 bridgehead atoms. The highest BCUT2D eigenvalue weighted by atomic mass is 79.9. The topological polar surface area (TPSA) is 64.9 Å². The standard InChI is InChI=1S/C23H23BrFN5O/c1-14(21-19(12-17(25)13-26-21)30-9-5-8-27-30)31-20-11-15-10-16(24)6-7-18(15)28-22(20)29-23(2,3)4/h5-14H,1-4H3,(H,28,29). The van der Waals surface area contributed by atoms with Crippen LogP contribution in [-0.2, 0) is 0 Å². The number of benzene rings is 1. The van der Waals surface area contributed by atoms with Crippen LogP contribution in [0.4, 0.5) is 10.2 Å². The maximum Gasteiger partial charge on any atom is 0.169 e. The van der Waals surface area contributed by atoms with E-state index >= 15 is 0 Å². The van der Waals surface area contributed by atoms with Crippen molar-refractivity contribution in [1.29, 1.82) is 0 Å². The first-order chi connectivity index (χ1) is 14.7. The average molecular weight is 484 g/mol. The minimum Gasteiger partial charge on any atom is -0.480 e. The molecule has 1 atom stereocenters. The quantitative estimate of drug-likeness (QED) is 0.373. The lowest BCUT2D eigenvalue weighted by Crippen LogP contribution is -2.27. The Bertz CT molecular complexity index is 1220. The number of halogens is 2. The van der Waals surface area contributed by atoms with Crippen LogP contribution in [-0.4, -0.2) is 25.3 Å². The van der Waals surface area contributed by atoms with Gasteiger partial charge in [0.15, 0.2) is 11.6 Å². The van der Waals surface area contributed by atoms with Crippen LogP contribution in [0.2, 0.25) is 0 Å². The van der Waals surface area contributed by atoms with Crippen LogP contribution < -0.4 is 10.1 Å². The van der Waals surface area contributed by atoms with E-state index in [4.69, 9.17) is 9.72 Å². The first kappa shape index (κ1) is 21.2. The summed E-state index contributed by atoms with van der Waals surface area (Å²) in [6.07, 6.45) is 4.09. The molecule has 1 aromatic carbocycles. The van der Waals surface area contributed by atoms with E-state index in [1.165, 1.54) is 12.3 Å². The predicted molar refractivity (Wildman–Crippen MR) is 123 cm³/mol. The third-order valence-corrected chi connectivity index (χ3v) is 5.03. The highest BCUT2D eigenvalue weighted by molar-refractivity contribution is 9.10. The Morgan fingerprint density at radius 3 is 2.71 bits per heavy atom. The van der Waals surface area contributed by atoms with E-state index < -0.39 is 11.9 Å². The number of aromatic nitrogens is 4. The number of anilines is 1. The molecule has 3 heterocycles. The van der Waals surface area contributed by atoms with Gasteiger partial charge in [-0.25, -0.2) is 14.1 Å². The van der Waals surface area contributed by atoms with Crippen molar-refractivity contribution in [3.05, 3.63) is 71.0 Å². The molecule has 0 saturated heterocycles. The molecule has 6 nitrogen and oxygen atoms in total. The minimum absolute atomic E-state index is 0.217. The van der Waals surface area contributed by atoms with Gasteiger partial charge in [-0.1, -0.05) is 15.9 Å². The molecular formula is C23H23BrFN5O. The summed E-state index contributed by atoms with van der Waals surface area (Å²) in [6, 6.07) is 11.0. The summed E-state index contributed by atoms with van der Waals surface area (Å²) in [4.78, 5) is 9.08. The monoisotopic (exact) mass is 483 g/mol. The molecule has 4 rings (SSSR count). The Balaban J connectivity index is 1.76. The Hall–Kier alpha value is -3.00. The zero-order valence-electron chi connectivity index (χ0n) is 17.7. The Kier molecular flexibility index (Phi) is 5.66. The molecule has 0 aliphatic heterocycles. The van der Waals surface area contributed by atoms with E-state index in [1.54, 1.807) is 23.1 Å². The molecule has 1 N–H and O–H groups in total. The van der Waals surface area contributed by atoms with Gasteiger partial charge in [0.2, 0.25) is 0 Å². The highest BCUT2D eigenvalue weighted by Gasteiger charge is 2.21. The predicted octanol–water partition coefficient (Wildman–Crippen LogP) is 6.07. The van der Waals surface area contributed by atoms with Crippen molar-refractivity contribution < 1.29 is 9.13 Å². The van der Waals surface area contributed by atoms with Gasteiger partial charge in [-0.05, 0) is 58.0 Å². The van der Waals surface area contributed by atoms with Crippen molar-refractivity contribution in [1.82, 2.24) is 19.7 Å². The molecule has 0 amide bonds. The normalized spacial score (nSPS) is 12.7. The van der Waals surface area contributed by atoms with E-state index in [2.05, 4.69) is 52.1 Å². The van der Waals surface area contributed by atoms with Crippen molar-refractivity contribution in [3.63, 3.8) is 0 Å². The smallest absolute Gasteiger partial charge is 0.169 e. The molecule has 3 aromatic heterocycles. The van der Waals surface area contributed by atoms with Gasteiger partial charge < -0.3 is 10.1 Å². The van der Waals surface area contributed by atoms with Crippen molar-refractivity contribution in [3.8, 4) is 11.4 Å². The molecule has 1 unspecified atom stereocenters. The van der Waals surface area contributed by atoms with Crippen molar-refractivity contribution in [2.45, 2.75) is 39.3 Å². The molecule has 0 aliphatic carbocycles. The number of ether oxygens (including phenoxy) is 1. The molecule has 160 valence electrons. The molecule has 0 fully saturated rings. The maximum absolute atomic E-state index is 13.9. The van der Waals surface area contributed by atoms with E-state index in [9.17, 15) is 4.39 Å².